The van der Waals surface area contributed by atoms with Gasteiger partial charge in [-0.05, 0) is 32.9 Å². The number of rotatable bonds is 9. The minimum atomic E-state index is 0.274. The fraction of sp³-hybridized carbons (Fsp3) is 0.714. The Bertz CT molecular complexity index is 627. The van der Waals surface area contributed by atoms with Gasteiger partial charge >= 0.3 is 0 Å². The van der Waals surface area contributed by atoms with Crippen molar-refractivity contribution in [3.63, 3.8) is 0 Å². The number of nitrogens with one attached hydrogen (secondary N) is 2. The highest BCUT2D eigenvalue weighted by Crippen LogP contribution is 2.19. The molecule has 1 aromatic rings. The molecule has 0 amide bonds. The zero-order valence-electron chi connectivity index (χ0n) is 17.9. The first-order valence-electron chi connectivity index (χ1n) is 10.8. The van der Waals surface area contributed by atoms with E-state index in [2.05, 4.69) is 45.5 Å². The van der Waals surface area contributed by atoms with Gasteiger partial charge in [0, 0.05) is 64.2 Å². The summed E-state index contributed by atoms with van der Waals surface area (Å²) in [4.78, 5) is 14.2. The highest BCUT2D eigenvalue weighted by molar-refractivity contribution is 5.79. The summed E-state index contributed by atoms with van der Waals surface area (Å²) in [6, 6.07) is 4.13. The SMILES string of the molecule is CCNC(=NCc1cccnc1N1CCN(C)CC1)NCCCOC1CCOC1. The lowest BCUT2D eigenvalue weighted by atomic mass is 10.2. The molecule has 29 heavy (non-hydrogen) atoms. The molecular formula is C21H36N6O2. The lowest BCUT2D eigenvalue weighted by molar-refractivity contribution is 0.0420. The molecular weight excluding hydrogens is 368 g/mol. The molecule has 2 N–H and O–H groups in total. The van der Waals surface area contributed by atoms with E-state index in [1.54, 1.807) is 0 Å². The predicted octanol–water partition coefficient (Wildman–Crippen LogP) is 1.08. The Morgan fingerprint density at radius 2 is 2.17 bits per heavy atom. The molecule has 1 atom stereocenters. The summed E-state index contributed by atoms with van der Waals surface area (Å²) in [6.07, 6.45) is 4.11. The molecule has 0 spiro atoms. The number of hydrogen-bond donors (Lipinski definition) is 2. The van der Waals surface area contributed by atoms with Gasteiger partial charge < -0.3 is 29.9 Å². The van der Waals surface area contributed by atoms with Crippen LogP contribution in [0.1, 0.15) is 25.3 Å². The fourth-order valence-electron chi connectivity index (χ4n) is 3.54. The molecule has 2 aliphatic rings. The van der Waals surface area contributed by atoms with Gasteiger partial charge in [-0.1, -0.05) is 6.07 Å². The van der Waals surface area contributed by atoms with Crippen LogP contribution in [0.25, 0.3) is 0 Å². The largest absolute Gasteiger partial charge is 0.379 e. The zero-order valence-corrected chi connectivity index (χ0v) is 17.9. The number of aromatic nitrogens is 1. The summed E-state index contributed by atoms with van der Waals surface area (Å²) in [5, 5.41) is 6.74. The summed E-state index contributed by atoms with van der Waals surface area (Å²) in [6.45, 7) is 10.8. The summed E-state index contributed by atoms with van der Waals surface area (Å²) in [5.74, 6) is 1.90. The first kappa shape index (κ1) is 21.8. The quantitative estimate of drug-likeness (QED) is 0.362. The highest BCUT2D eigenvalue weighted by Gasteiger charge is 2.18. The van der Waals surface area contributed by atoms with Crippen molar-refractivity contribution >= 4 is 11.8 Å². The number of nitrogens with zero attached hydrogens (tertiary/aromatic N) is 4. The molecule has 0 aromatic carbocycles. The summed E-state index contributed by atoms with van der Waals surface area (Å²) >= 11 is 0. The highest BCUT2D eigenvalue weighted by atomic mass is 16.5. The molecule has 0 saturated carbocycles. The average Bonchev–Trinajstić information content (AvgIpc) is 3.26. The van der Waals surface area contributed by atoms with Crippen LogP contribution in [0.15, 0.2) is 23.3 Å². The summed E-state index contributed by atoms with van der Waals surface area (Å²) in [7, 11) is 2.17. The van der Waals surface area contributed by atoms with Gasteiger partial charge in [0.2, 0.25) is 0 Å². The maximum absolute atomic E-state index is 5.82. The van der Waals surface area contributed by atoms with Crippen LogP contribution in [0.2, 0.25) is 0 Å². The third kappa shape index (κ3) is 7.13. The van der Waals surface area contributed by atoms with Crippen LogP contribution in [0, 0.1) is 0 Å². The molecule has 2 fully saturated rings. The molecule has 0 radical (unpaired) electrons. The maximum atomic E-state index is 5.82. The number of hydrogen-bond acceptors (Lipinski definition) is 6. The van der Waals surface area contributed by atoms with Crippen LogP contribution in [-0.2, 0) is 16.0 Å². The van der Waals surface area contributed by atoms with Crippen molar-refractivity contribution in [1.82, 2.24) is 20.5 Å². The Morgan fingerprint density at radius 3 is 2.93 bits per heavy atom. The molecule has 1 aromatic heterocycles. The molecule has 2 saturated heterocycles. The smallest absolute Gasteiger partial charge is 0.191 e. The minimum Gasteiger partial charge on any atom is -0.379 e. The van der Waals surface area contributed by atoms with E-state index in [1.807, 2.05) is 12.3 Å². The van der Waals surface area contributed by atoms with E-state index in [4.69, 9.17) is 14.5 Å². The molecule has 3 heterocycles. The van der Waals surface area contributed by atoms with Crippen molar-refractivity contribution in [2.75, 3.05) is 71.0 Å². The maximum Gasteiger partial charge on any atom is 0.191 e. The summed E-state index contributed by atoms with van der Waals surface area (Å²) in [5.41, 5.74) is 1.17. The monoisotopic (exact) mass is 404 g/mol. The molecule has 8 nitrogen and oxygen atoms in total. The van der Waals surface area contributed by atoms with Gasteiger partial charge in [0.1, 0.15) is 5.82 Å². The van der Waals surface area contributed by atoms with Crippen molar-refractivity contribution in [2.45, 2.75) is 32.4 Å². The van der Waals surface area contributed by atoms with Gasteiger partial charge in [-0.25, -0.2) is 9.98 Å². The second-order valence-corrected chi connectivity index (χ2v) is 7.61. The Hall–Kier alpha value is -1.90. The Balaban J connectivity index is 1.49. The van der Waals surface area contributed by atoms with Gasteiger partial charge in [-0.2, -0.15) is 0 Å². The number of anilines is 1. The molecule has 0 aliphatic carbocycles. The van der Waals surface area contributed by atoms with E-state index < -0.39 is 0 Å². The minimum absolute atomic E-state index is 0.274. The van der Waals surface area contributed by atoms with Crippen LogP contribution in [0.4, 0.5) is 5.82 Å². The lowest BCUT2D eigenvalue weighted by Gasteiger charge is -2.34. The number of aliphatic imine (C=N–C) groups is 1. The molecule has 1 unspecified atom stereocenters. The van der Waals surface area contributed by atoms with E-state index in [1.165, 1.54) is 5.56 Å². The van der Waals surface area contributed by atoms with Crippen molar-refractivity contribution in [1.29, 1.82) is 0 Å². The Kier molecular flexibility index (Phi) is 8.98. The first-order chi connectivity index (χ1) is 14.3. The van der Waals surface area contributed by atoms with Gasteiger partial charge in [-0.3, -0.25) is 0 Å². The Morgan fingerprint density at radius 1 is 1.31 bits per heavy atom. The van der Waals surface area contributed by atoms with Gasteiger partial charge in [0.25, 0.3) is 0 Å². The number of ether oxygens (including phenoxy) is 2. The topological polar surface area (TPSA) is 74.3 Å². The van der Waals surface area contributed by atoms with Crippen molar-refractivity contribution in [3.8, 4) is 0 Å². The predicted molar refractivity (Wildman–Crippen MR) is 117 cm³/mol. The molecule has 162 valence electrons. The van der Waals surface area contributed by atoms with E-state index in [9.17, 15) is 0 Å². The standard InChI is InChI=1S/C21H36N6O2/c1-3-22-21(24-9-5-14-29-19-7-15-28-17-19)25-16-18-6-4-8-23-20(18)27-12-10-26(2)11-13-27/h4,6,8,19H,3,5,7,9-17H2,1-2H3,(H2,22,24,25). The van der Waals surface area contributed by atoms with E-state index >= 15 is 0 Å². The van der Waals surface area contributed by atoms with Crippen molar-refractivity contribution in [2.24, 2.45) is 4.99 Å². The van der Waals surface area contributed by atoms with E-state index in [0.717, 1.165) is 83.7 Å². The van der Waals surface area contributed by atoms with Crippen LogP contribution in [0.5, 0.6) is 0 Å². The number of likely N-dealkylation sites (N-methyl/N-ethyl adjacent to an activating group) is 1. The van der Waals surface area contributed by atoms with E-state index in [-0.39, 0.29) is 6.10 Å². The number of piperazine rings is 1. The second kappa shape index (κ2) is 11.9. The third-order valence-corrected chi connectivity index (χ3v) is 5.28. The molecule has 0 bridgehead atoms. The summed E-state index contributed by atoms with van der Waals surface area (Å²) < 4.78 is 11.2. The lowest BCUT2D eigenvalue weighted by Crippen LogP contribution is -2.45. The second-order valence-electron chi connectivity index (χ2n) is 7.61. The normalized spacial score (nSPS) is 20.8. The van der Waals surface area contributed by atoms with Gasteiger partial charge in [0.05, 0.1) is 19.3 Å². The van der Waals surface area contributed by atoms with Crippen LogP contribution >= 0.6 is 0 Å². The number of pyridine rings is 1. The molecule has 3 rings (SSSR count). The number of guanidine groups is 1. The first-order valence-corrected chi connectivity index (χ1v) is 10.8. The zero-order chi connectivity index (χ0) is 20.3. The van der Waals surface area contributed by atoms with Crippen molar-refractivity contribution in [3.05, 3.63) is 23.9 Å². The van der Waals surface area contributed by atoms with Crippen LogP contribution in [-0.4, -0.2) is 88.1 Å². The third-order valence-electron chi connectivity index (χ3n) is 5.28. The van der Waals surface area contributed by atoms with Gasteiger partial charge in [0.15, 0.2) is 5.96 Å². The Labute approximate surface area is 174 Å². The van der Waals surface area contributed by atoms with Gasteiger partial charge in [-0.15, -0.1) is 0 Å². The van der Waals surface area contributed by atoms with Crippen LogP contribution in [0.3, 0.4) is 0 Å². The fourth-order valence-corrected chi connectivity index (χ4v) is 3.54. The van der Waals surface area contributed by atoms with Crippen LogP contribution < -0.4 is 15.5 Å². The molecule has 2 aliphatic heterocycles. The molecule has 8 heteroatoms. The van der Waals surface area contributed by atoms with Crippen molar-refractivity contribution < 1.29 is 9.47 Å². The van der Waals surface area contributed by atoms with E-state index in [0.29, 0.717) is 6.54 Å². The average molecular weight is 405 g/mol.